The number of piperidine rings is 1. The van der Waals surface area contributed by atoms with Crippen LogP contribution in [0.25, 0.3) is 11.0 Å². The van der Waals surface area contributed by atoms with Crippen molar-refractivity contribution in [3.05, 3.63) is 56.0 Å². The summed E-state index contributed by atoms with van der Waals surface area (Å²) in [6.07, 6.45) is 3.49. The Bertz CT molecular complexity index is 1020. The van der Waals surface area contributed by atoms with Crippen molar-refractivity contribution in [1.29, 1.82) is 0 Å². The van der Waals surface area contributed by atoms with Crippen molar-refractivity contribution >= 4 is 50.9 Å². The number of amides is 1. The zero-order chi connectivity index (χ0) is 18.1. The van der Waals surface area contributed by atoms with Crippen molar-refractivity contribution in [3.8, 4) is 0 Å². The van der Waals surface area contributed by atoms with Gasteiger partial charge in [-0.25, -0.2) is 4.79 Å². The molecule has 6 nitrogen and oxygen atoms in total. The largest absolute Gasteiger partial charge is 0.370 e. The molecule has 0 aliphatic carbocycles. The maximum atomic E-state index is 12.7. The number of H-pyrrole nitrogens is 2. The predicted octanol–water partition coefficient (Wildman–Crippen LogP) is 3.70. The van der Waals surface area contributed by atoms with Crippen molar-refractivity contribution in [3.63, 3.8) is 0 Å². The number of carbonyl (C=O) groups excluding carboxylic acids is 1. The van der Waals surface area contributed by atoms with Crippen LogP contribution in [0, 0.1) is 3.57 Å². The van der Waals surface area contributed by atoms with Crippen LogP contribution < -0.4 is 15.9 Å². The molecule has 7 heteroatoms. The predicted molar refractivity (Wildman–Crippen MR) is 112 cm³/mol. The Hall–Kier alpha value is -2.29. The number of benzene rings is 2. The SMILES string of the molecule is O=C(Nc1cc2[nH]c(=O)[nH]c2cc1N1CCCCC1)c1cccc(I)c1. The van der Waals surface area contributed by atoms with Crippen LogP contribution in [0.1, 0.15) is 29.6 Å². The molecule has 26 heavy (non-hydrogen) atoms. The lowest BCUT2D eigenvalue weighted by Gasteiger charge is -2.30. The van der Waals surface area contributed by atoms with Gasteiger partial charge < -0.3 is 20.2 Å². The van der Waals surface area contributed by atoms with E-state index in [1.165, 1.54) is 6.42 Å². The highest BCUT2D eigenvalue weighted by Crippen LogP contribution is 2.32. The summed E-state index contributed by atoms with van der Waals surface area (Å²) in [4.78, 5) is 32.2. The smallest absolute Gasteiger partial charge is 0.323 e. The zero-order valence-electron chi connectivity index (χ0n) is 14.1. The monoisotopic (exact) mass is 462 g/mol. The first-order chi connectivity index (χ1) is 12.6. The van der Waals surface area contributed by atoms with E-state index in [1.54, 1.807) is 6.07 Å². The molecule has 0 atom stereocenters. The van der Waals surface area contributed by atoms with Crippen LogP contribution in [0.2, 0.25) is 0 Å². The van der Waals surface area contributed by atoms with Gasteiger partial charge >= 0.3 is 5.69 Å². The lowest BCUT2D eigenvalue weighted by Crippen LogP contribution is -2.30. The molecule has 3 N–H and O–H groups in total. The van der Waals surface area contributed by atoms with Crippen molar-refractivity contribution in [2.24, 2.45) is 0 Å². The second kappa shape index (κ2) is 7.14. The van der Waals surface area contributed by atoms with Gasteiger partial charge in [0.2, 0.25) is 0 Å². The molecule has 1 saturated heterocycles. The topological polar surface area (TPSA) is 81.0 Å². The number of carbonyl (C=O) groups is 1. The number of imidazole rings is 1. The first kappa shape index (κ1) is 17.1. The number of aromatic nitrogens is 2. The lowest BCUT2D eigenvalue weighted by molar-refractivity contribution is 0.102. The Morgan fingerprint density at radius 3 is 2.50 bits per heavy atom. The van der Waals surface area contributed by atoms with E-state index in [1.807, 2.05) is 30.3 Å². The molecule has 0 radical (unpaired) electrons. The summed E-state index contributed by atoms with van der Waals surface area (Å²) in [6, 6.07) is 11.3. The van der Waals surface area contributed by atoms with Gasteiger partial charge in [0, 0.05) is 22.2 Å². The first-order valence-electron chi connectivity index (χ1n) is 8.68. The highest BCUT2D eigenvalue weighted by molar-refractivity contribution is 14.1. The Morgan fingerprint density at radius 1 is 1.04 bits per heavy atom. The molecule has 1 aliphatic rings. The molecule has 2 aromatic carbocycles. The van der Waals surface area contributed by atoms with Gasteiger partial charge in [0.05, 0.1) is 22.4 Å². The van der Waals surface area contributed by atoms with Gasteiger partial charge in [0.1, 0.15) is 0 Å². The molecule has 3 aromatic rings. The van der Waals surface area contributed by atoms with Gasteiger partial charge in [-0.1, -0.05) is 6.07 Å². The van der Waals surface area contributed by atoms with Gasteiger partial charge in [-0.2, -0.15) is 0 Å². The standard InChI is InChI=1S/C19H19IN4O2/c20-13-6-4-5-12(9-13)18(25)21-16-10-14-15(23-19(26)22-14)11-17(16)24-7-2-1-3-8-24/h4-6,9-11H,1-3,7-8H2,(H,21,25)(H2,22,23,26). The third-order valence-corrected chi connectivity index (χ3v) is 5.34. The number of anilines is 2. The van der Waals surface area contributed by atoms with Crippen LogP contribution in [0.4, 0.5) is 11.4 Å². The third kappa shape index (κ3) is 3.48. The Morgan fingerprint density at radius 2 is 1.77 bits per heavy atom. The summed E-state index contributed by atoms with van der Waals surface area (Å²) < 4.78 is 1.01. The minimum absolute atomic E-state index is 0.154. The first-order valence-corrected chi connectivity index (χ1v) is 9.76. The van der Waals surface area contributed by atoms with Crippen molar-refractivity contribution in [2.45, 2.75) is 19.3 Å². The van der Waals surface area contributed by atoms with E-state index < -0.39 is 0 Å². The molecule has 0 saturated carbocycles. The average molecular weight is 462 g/mol. The molecule has 1 aliphatic heterocycles. The Labute approximate surface area is 164 Å². The molecule has 0 unspecified atom stereocenters. The van der Waals surface area contributed by atoms with Crippen LogP contribution in [-0.2, 0) is 0 Å². The van der Waals surface area contributed by atoms with Crippen LogP contribution in [0.5, 0.6) is 0 Å². The van der Waals surface area contributed by atoms with E-state index in [9.17, 15) is 9.59 Å². The number of nitrogens with zero attached hydrogens (tertiary/aromatic N) is 1. The molecule has 2 heterocycles. The van der Waals surface area contributed by atoms with Crippen molar-refractivity contribution < 1.29 is 4.79 Å². The van der Waals surface area contributed by atoms with Crippen molar-refractivity contribution in [1.82, 2.24) is 9.97 Å². The molecule has 1 fully saturated rings. The van der Waals surface area contributed by atoms with E-state index in [2.05, 4.69) is 42.8 Å². The van der Waals surface area contributed by atoms with Crippen LogP contribution >= 0.6 is 22.6 Å². The number of hydrogen-bond acceptors (Lipinski definition) is 3. The van der Waals surface area contributed by atoms with E-state index in [0.717, 1.165) is 46.4 Å². The summed E-state index contributed by atoms with van der Waals surface area (Å²) in [7, 11) is 0. The Kier molecular flexibility index (Phi) is 4.71. The summed E-state index contributed by atoms with van der Waals surface area (Å²) in [6.45, 7) is 1.90. The van der Waals surface area contributed by atoms with Gasteiger partial charge in [0.25, 0.3) is 5.91 Å². The number of nitrogens with one attached hydrogen (secondary N) is 3. The summed E-state index contributed by atoms with van der Waals surface area (Å²) in [5, 5.41) is 3.03. The lowest BCUT2D eigenvalue weighted by atomic mass is 10.1. The summed E-state index contributed by atoms with van der Waals surface area (Å²) in [5.74, 6) is -0.154. The molecular weight excluding hydrogens is 443 g/mol. The van der Waals surface area contributed by atoms with E-state index >= 15 is 0 Å². The van der Waals surface area contributed by atoms with Crippen LogP contribution in [-0.4, -0.2) is 29.0 Å². The van der Waals surface area contributed by atoms with E-state index in [0.29, 0.717) is 11.1 Å². The molecule has 0 bridgehead atoms. The molecule has 0 spiro atoms. The minimum atomic E-state index is -0.245. The van der Waals surface area contributed by atoms with Crippen molar-refractivity contribution in [2.75, 3.05) is 23.3 Å². The summed E-state index contributed by atoms with van der Waals surface area (Å²) >= 11 is 2.19. The number of hydrogen-bond donors (Lipinski definition) is 3. The van der Waals surface area contributed by atoms with Gasteiger partial charge in [-0.05, 0) is 72.2 Å². The molecule has 4 rings (SSSR count). The number of halogens is 1. The zero-order valence-corrected chi connectivity index (χ0v) is 16.3. The van der Waals surface area contributed by atoms with Gasteiger partial charge in [-0.3, -0.25) is 4.79 Å². The average Bonchev–Trinajstić information content (AvgIpc) is 3.00. The van der Waals surface area contributed by atoms with Gasteiger partial charge in [-0.15, -0.1) is 0 Å². The fourth-order valence-electron chi connectivity index (χ4n) is 3.39. The summed E-state index contributed by atoms with van der Waals surface area (Å²) in [5.41, 5.74) is 3.48. The maximum absolute atomic E-state index is 12.7. The second-order valence-electron chi connectivity index (χ2n) is 6.51. The molecule has 134 valence electrons. The maximum Gasteiger partial charge on any atom is 0.323 e. The molecule has 1 amide bonds. The molecular formula is C19H19IN4O2. The highest BCUT2D eigenvalue weighted by atomic mass is 127. The van der Waals surface area contributed by atoms with Crippen LogP contribution in [0.3, 0.4) is 0 Å². The fraction of sp³-hybridized carbons (Fsp3) is 0.263. The quantitative estimate of drug-likeness (QED) is 0.520. The van der Waals surface area contributed by atoms with E-state index in [4.69, 9.17) is 0 Å². The highest BCUT2D eigenvalue weighted by Gasteiger charge is 2.18. The Balaban J connectivity index is 1.73. The number of fused-ring (bicyclic) bond motifs is 1. The normalized spacial score (nSPS) is 14.6. The number of aromatic amines is 2. The van der Waals surface area contributed by atoms with Gasteiger partial charge in [0.15, 0.2) is 0 Å². The minimum Gasteiger partial charge on any atom is -0.370 e. The molecule has 1 aromatic heterocycles. The fourth-order valence-corrected chi connectivity index (χ4v) is 3.93. The van der Waals surface area contributed by atoms with Crippen LogP contribution in [0.15, 0.2) is 41.2 Å². The van der Waals surface area contributed by atoms with E-state index in [-0.39, 0.29) is 11.6 Å². The third-order valence-electron chi connectivity index (χ3n) is 4.66. The number of rotatable bonds is 3. The second-order valence-corrected chi connectivity index (χ2v) is 7.75.